The van der Waals surface area contributed by atoms with Crippen LogP contribution in [-0.2, 0) is 16.8 Å². The lowest BCUT2D eigenvalue weighted by Crippen LogP contribution is -2.49. The van der Waals surface area contributed by atoms with Crippen LogP contribution in [0.4, 0.5) is 5.82 Å². The van der Waals surface area contributed by atoms with Crippen molar-refractivity contribution in [2.75, 3.05) is 24.6 Å². The number of morpholine rings is 1. The number of aryl methyl sites for hydroxylation is 1. The van der Waals surface area contributed by atoms with E-state index in [1.165, 1.54) is 11.1 Å². The quantitative estimate of drug-likeness (QED) is 0.810. The molecule has 1 aromatic carbocycles. The van der Waals surface area contributed by atoms with Crippen LogP contribution in [0.15, 0.2) is 42.6 Å². The van der Waals surface area contributed by atoms with Crippen LogP contribution in [0.25, 0.3) is 0 Å². The molecule has 2 aliphatic rings. The number of pyridine rings is 1. The maximum absolute atomic E-state index is 9.32. The van der Waals surface area contributed by atoms with Gasteiger partial charge in [0.05, 0.1) is 18.7 Å². The minimum atomic E-state index is -0.251. The molecule has 1 unspecified atom stereocenters. The number of ether oxygens (including phenoxy) is 1. The van der Waals surface area contributed by atoms with Gasteiger partial charge in [0.15, 0.2) is 0 Å². The molecule has 0 radical (unpaired) electrons. The molecule has 1 aliphatic heterocycles. The highest BCUT2D eigenvalue weighted by Gasteiger charge is 2.43. The van der Waals surface area contributed by atoms with E-state index < -0.39 is 0 Å². The van der Waals surface area contributed by atoms with E-state index in [0.29, 0.717) is 12.2 Å². The van der Waals surface area contributed by atoms with Crippen molar-refractivity contribution in [2.24, 2.45) is 0 Å². The summed E-state index contributed by atoms with van der Waals surface area (Å²) in [6.45, 7) is 2.20. The fourth-order valence-electron chi connectivity index (χ4n) is 3.67. The summed E-state index contributed by atoms with van der Waals surface area (Å²) in [7, 11) is 0. The molecule has 1 saturated heterocycles. The Labute approximate surface area is 130 Å². The minimum absolute atomic E-state index is 0.251. The zero-order chi connectivity index (χ0) is 15.0. The predicted octanol–water partition coefficient (Wildman–Crippen LogP) is 2.63. The largest absolute Gasteiger partial charge is 0.367 e. The molecule has 0 bridgehead atoms. The predicted molar refractivity (Wildman–Crippen MR) is 83.6 cm³/mol. The summed E-state index contributed by atoms with van der Waals surface area (Å²) in [5.41, 5.74) is 3.06. The van der Waals surface area contributed by atoms with E-state index in [9.17, 15) is 5.26 Å². The van der Waals surface area contributed by atoms with E-state index >= 15 is 0 Å². The zero-order valence-corrected chi connectivity index (χ0v) is 12.3. The van der Waals surface area contributed by atoms with Crippen molar-refractivity contribution in [1.29, 1.82) is 5.26 Å². The topological polar surface area (TPSA) is 49.2 Å². The van der Waals surface area contributed by atoms with Crippen molar-refractivity contribution in [3.8, 4) is 6.07 Å². The molecule has 1 aliphatic carbocycles. The number of hydrogen-bond donors (Lipinski definition) is 0. The summed E-state index contributed by atoms with van der Waals surface area (Å²) >= 11 is 0. The van der Waals surface area contributed by atoms with Crippen LogP contribution < -0.4 is 4.90 Å². The fourth-order valence-corrected chi connectivity index (χ4v) is 3.67. The Kier molecular flexibility index (Phi) is 3.09. The van der Waals surface area contributed by atoms with E-state index in [1.54, 1.807) is 6.20 Å². The summed E-state index contributed by atoms with van der Waals surface area (Å²) in [6, 6.07) is 14.4. The fraction of sp³-hybridized carbons (Fsp3) is 0.333. The number of aromatic nitrogens is 1. The number of anilines is 1. The van der Waals surface area contributed by atoms with Gasteiger partial charge >= 0.3 is 0 Å². The Morgan fingerprint density at radius 2 is 2.14 bits per heavy atom. The van der Waals surface area contributed by atoms with Gasteiger partial charge in [0, 0.05) is 12.7 Å². The maximum Gasteiger partial charge on any atom is 0.146 e. The van der Waals surface area contributed by atoms with Gasteiger partial charge in [-0.15, -0.1) is 0 Å². The highest BCUT2D eigenvalue weighted by Crippen LogP contribution is 2.42. The molecule has 2 aromatic rings. The molecule has 0 saturated carbocycles. The molecule has 1 aromatic heterocycles. The smallest absolute Gasteiger partial charge is 0.146 e. The van der Waals surface area contributed by atoms with Crippen LogP contribution in [0.3, 0.4) is 0 Å². The molecule has 0 N–H and O–H groups in total. The third-order valence-corrected chi connectivity index (χ3v) is 4.70. The lowest BCUT2D eigenvalue weighted by atomic mass is 9.93. The summed E-state index contributed by atoms with van der Waals surface area (Å²) in [5, 5.41) is 9.32. The highest BCUT2D eigenvalue weighted by atomic mass is 16.5. The summed E-state index contributed by atoms with van der Waals surface area (Å²) in [5.74, 6) is 0.775. The van der Waals surface area contributed by atoms with Gasteiger partial charge in [-0.3, -0.25) is 0 Å². The number of benzene rings is 1. The first-order valence-electron chi connectivity index (χ1n) is 7.65. The van der Waals surface area contributed by atoms with Crippen molar-refractivity contribution in [3.05, 3.63) is 59.3 Å². The van der Waals surface area contributed by atoms with Crippen LogP contribution in [0, 0.1) is 11.3 Å². The third kappa shape index (κ3) is 1.98. The van der Waals surface area contributed by atoms with Crippen molar-refractivity contribution >= 4 is 5.82 Å². The van der Waals surface area contributed by atoms with Crippen molar-refractivity contribution in [1.82, 2.24) is 4.98 Å². The average Bonchev–Trinajstić information content (AvgIpc) is 2.93. The molecule has 110 valence electrons. The maximum atomic E-state index is 9.32. The second kappa shape index (κ2) is 5.11. The zero-order valence-electron chi connectivity index (χ0n) is 12.3. The molecule has 0 amide bonds. The average molecular weight is 291 g/mol. The molecule has 1 fully saturated rings. The SMILES string of the molecule is N#Cc1cccnc1N1CCOC2(CCc3ccccc32)C1. The Balaban J connectivity index is 1.71. The highest BCUT2D eigenvalue weighted by molar-refractivity contribution is 5.55. The number of rotatable bonds is 1. The Hall–Kier alpha value is -2.38. The van der Waals surface area contributed by atoms with Gasteiger partial charge in [-0.25, -0.2) is 4.98 Å². The van der Waals surface area contributed by atoms with Crippen LogP contribution >= 0.6 is 0 Å². The lowest BCUT2D eigenvalue weighted by molar-refractivity contribution is -0.0594. The monoisotopic (exact) mass is 291 g/mol. The summed E-state index contributed by atoms with van der Waals surface area (Å²) < 4.78 is 6.23. The number of nitriles is 1. The molecule has 1 atom stereocenters. The molecule has 4 nitrogen and oxygen atoms in total. The van der Waals surface area contributed by atoms with Crippen LogP contribution in [0.5, 0.6) is 0 Å². The Morgan fingerprint density at radius 1 is 1.23 bits per heavy atom. The Bertz CT molecular complexity index is 748. The number of nitrogens with zero attached hydrogens (tertiary/aromatic N) is 3. The molecule has 4 rings (SSSR count). The second-order valence-electron chi connectivity index (χ2n) is 5.91. The van der Waals surface area contributed by atoms with Gasteiger partial charge < -0.3 is 9.64 Å². The Morgan fingerprint density at radius 3 is 3.05 bits per heavy atom. The molecule has 22 heavy (non-hydrogen) atoms. The first kappa shape index (κ1) is 13.3. The molecule has 4 heteroatoms. The van der Waals surface area contributed by atoms with E-state index in [0.717, 1.165) is 31.7 Å². The van der Waals surface area contributed by atoms with Crippen molar-refractivity contribution < 1.29 is 4.74 Å². The van der Waals surface area contributed by atoms with E-state index in [-0.39, 0.29) is 5.60 Å². The number of hydrogen-bond acceptors (Lipinski definition) is 4. The van der Waals surface area contributed by atoms with Gasteiger partial charge in [0.2, 0.25) is 0 Å². The standard InChI is InChI=1S/C18H17N3O/c19-12-15-5-3-9-20-17(15)21-10-11-22-18(13-21)8-7-14-4-1-2-6-16(14)18/h1-6,9H,7-8,10-11,13H2. The van der Waals surface area contributed by atoms with Crippen molar-refractivity contribution in [2.45, 2.75) is 18.4 Å². The van der Waals surface area contributed by atoms with Gasteiger partial charge in [-0.1, -0.05) is 24.3 Å². The molecular weight excluding hydrogens is 274 g/mol. The normalized spacial score (nSPS) is 23.3. The first-order valence-corrected chi connectivity index (χ1v) is 7.65. The molecule has 1 spiro atoms. The third-order valence-electron chi connectivity index (χ3n) is 4.70. The first-order chi connectivity index (χ1) is 10.8. The van der Waals surface area contributed by atoms with Crippen LogP contribution in [0.2, 0.25) is 0 Å². The lowest BCUT2D eigenvalue weighted by Gasteiger charge is -2.42. The number of fused-ring (bicyclic) bond motifs is 2. The van der Waals surface area contributed by atoms with E-state index in [1.807, 2.05) is 12.1 Å². The summed E-state index contributed by atoms with van der Waals surface area (Å²) in [4.78, 5) is 6.63. The van der Waals surface area contributed by atoms with E-state index in [4.69, 9.17) is 4.74 Å². The van der Waals surface area contributed by atoms with Gasteiger partial charge in [-0.05, 0) is 36.1 Å². The van der Waals surface area contributed by atoms with Gasteiger partial charge in [-0.2, -0.15) is 5.26 Å². The van der Waals surface area contributed by atoms with Gasteiger partial charge in [0.25, 0.3) is 0 Å². The minimum Gasteiger partial charge on any atom is -0.367 e. The second-order valence-corrected chi connectivity index (χ2v) is 5.91. The van der Waals surface area contributed by atoms with Crippen LogP contribution in [-0.4, -0.2) is 24.7 Å². The van der Waals surface area contributed by atoms with Crippen LogP contribution in [0.1, 0.15) is 23.1 Å². The van der Waals surface area contributed by atoms with Gasteiger partial charge in [0.1, 0.15) is 17.5 Å². The van der Waals surface area contributed by atoms with Crippen molar-refractivity contribution in [3.63, 3.8) is 0 Å². The summed E-state index contributed by atoms with van der Waals surface area (Å²) in [6.07, 6.45) is 3.80. The molecular formula is C18H17N3O. The van der Waals surface area contributed by atoms with E-state index in [2.05, 4.69) is 40.2 Å². The molecule has 2 heterocycles.